The maximum Gasteiger partial charge on any atom is 0.494 e. The van der Waals surface area contributed by atoms with Gasteiger partial charge >= 0.3 is 7.12 Å². The predicted octanol–water partition coefficient (Wildman–Crippen LogP) is -0.518. The van der Waals surface area contributed by atoms with Crippen LogP contribution in [0.2, 0.25) is 0 Å². The van der Waals surface area contributed by atoms with Crippen LogP contribution in [-0.2, 0) is 16.1 Å². The van der Waals surface area contributed by atoms with Crippen molar-refractivity contribution >= 4 is 24.2 Å². The minimum absolute atomic E-state index is 0.0498. The molecule has 7 nitrogen and oxygen atoms in total. The fourth-order valence-electron chi connectivity index (χ4n) is 1.99. The van der Waals surface area contributed by atoms with E-state index in [0.29, 0.717) is 16.9 Å². The lowest BCUT2D eigenvalue weighted by molar-refractivity contribution is -0.114. The number of nitriles is 1. The molecule has 0 spiro atoms. The van der Waals surface area contributed by atoms with E-state index in [-0.39, 0.29) is 19.1 Å². The molecule has 8 heteroatoms. The van der Waals surface area contributed by atoms with Gasteiger partial charge in [-0.05, 0) is 18.6 Å². The highest BCUT2D eigenvalue weighted by Crippen LogP contribution is 2.28. The third kappa shape index (κ3) is 3.33. The number of anilines is 1. The van der Waals surface area contributed by atoms with Crippen LogP contribution < -0.4 is 21.3 Å². The molecule has 1 heterocycles. The lowest BCUT2D eigenvalue weighted by Crippen LogP contribution is -2.41. The molecule has 1 aromatic carbocycles. The summed E-state index contributed by atoms with van der Waals surface area (Å²) in [5, 5.41) is 21.4. The molecule has 0 fully saturated rings. The Morgan fingerprint density at radius 3 is 3.05 bits per heavy atom. The number of nitrogens with two attached hydrogens (primary N) is 1. The molecule has 1 aliphatic rings. The quantitative estimate of drug-likeness (QED) is 0.642. The summed E-state index contributed by atoms with van der Waals surface area (Å²) in [6.45, 7) is 3.10. The molecule has 110 valence electrons. The third-order valence-corrected chi connectivity index (χ3v) is 3.03. The number of fused-ring (bicyclic) bond motifs is 1. The van der Waals surface area contributed by atoms with Crippen molar-refractivity contribution in [2.75, 3.05) is 11.9 Å². The monoisotopic (exact) mass is 289 g/mol. The molecule has 1 atom stereocenters. The van der Waals surface area contributed by atoms with Gasteiger partial charge < -0.3 is 25.5 Å². The molecule has 1 aliphatic heterocycles. The van der Waals surface area contributed by atoms with Crippen molar-refractivity contribution in [2.24, 2.45) is 5.73 Å². The Bertz CT molecular complexity index is 612. The van der Waals surface area contributed by atoms with Crippen LogP contribution in [0.25, 0.3) is 0 Å². The molecule has 1 amide bonds. The first-order chi connectivity index (χ1) is 9.84. The molecule has 0 saturated heterocycles. The Balaban J connectivity index is 2.35. The Kier molecular flexibility index (Phi) is 4.18. The van der Waals surface area contributed by atoms with Crippen LogP contribution in [0.4, 0.5) is 5.69 Å². The first kappa shape index (κ1) is 15.3. The van der Waals surface area contributed by atoms with Crippen LogP contribution in [0.15, 0.2) is 12.1 Å². The summed E-state index contributed by atoms with van der Waals surface area (Å²) in [6, 6.07) is 5.32. The van der Waals surface area contributed by atoms with Gasteiger partial charge in [-0.2, -0.15) is 5.26 Å². The smallest absolute Gasteiger partial charge is 0.488 e. The zero-order valence-electron chi connectivity index (χ0n) is 11.8. The number of hydrogen-bond donors (Lipinski definition) is 3. The van der Waals surface area contributed by atoms with Crippen molar-refractivity contribution in [2.45, 2.75) is 26.0 Å². The maximum atomic E-state index is 11.4. The molecule has 0 saturated carbocycles. The molecule has 21 heavy (non-hydrogen) atoms. The topological polar surface area (TPSA) is 118 Å². The van der Waals surface area contributed by atoms with Gasteiger partial charge in [-0.15, -0.1) is 0 Å². The third-order valence-electron chi connectivity index (χ3n) is 3.03. The van der Waals surface area contributed by atoms with Gasteiger partial charge in [0, 0.05) is 12.4 Å². The van der Waals surface area contributed by atoms with Gasteiger partial charge in [-0.3, -0.25) is 4.79 Å². The molecule has 0 radical (unpaired) electrons. The number of ether oxygens (including phenoxy) is 1. The summed E-state index contributed by atoms with van der Waals surface area (Å²) in [5.41, 5.74) is 6.15. The van der Waals surface area contributed by atoms with Gasteiger partial charge in [0.2, 0.25) is 5.91 Å². The van der Waals surface area contributed by atoms with Crippen molar-refractivity contribution in [3.05, 3.63) is 17.7 Å². The first-order valence-corrected chi connectivity index (χ1v) is 6.40. The van der Waals surface area contributed by atoms with Crippen LogP contribution >= 0.6 is 0 Å². The van der Waals surface area contributed by atoms with Gasteiger partial charge in [-0.1, -0.05) is 6.07 Å². The zero-order valence-corrected chi connectivity index (χ0v) is 11.8. The highest BCUT2D eigenvalue weighted by molar-refractivity contribution is 6.63. The van der Waals surface area contributed by atoms with Crippen LogP contribution in [0, 0.1) is 11.3 Å². The van der Waals surface area contributed by atoms with E-state index < -0.39 is 12.7 Å². The fraction of sp³-hybridized carbons (Fsp3) is 0.385. The van der Waals surface area contributed by atoms with E-state index in [9.17, 15) is 9.82 Å². The van der Waals surface area contributed by atoms with E-state index in [4.69, 9.17) is 20.4 Å². The minimum Gasteiger partial charge on any atom is -0.488 e. The van der Waals surface area contributed by atoms with E-state index in [1.807, 2.05) is 6.07 Å². The van der Waals surface area contributed by atoms with Crippen molar-refractivity contribution in [1.29, 1.82) is 5.26 Å². The van der Waals surface area contributed by atoms with Gasteiger partial charge in [0.25, 0.3) is 0 Å². The maximum absolute atomic E-state index is 11.4. The average molecular weight is 289 g/mol. The van der Waals surface area contributed by atoms with E-state index >= 15 is 0 Å². The summed E-state index contributed by atoms with van der Waals surface area (Å²) in [7, 11) is -1.12. The fourth-order valence-corrected chi connectivity index (χ4v) is 1.99. The number of carbonyl (C=O) groups is 1. The van der Waals surface area contributed by atoms with Crippen LogP contribution in [0.5, 0.6) is 5.75 Å². The number of nitrogens with zero attached hydrogens (tertiary/aromatic N) is 1. The van der Waals surface area contributed by atoms with Crippen LogP contribution in [-0.4, -0.2) is 30.2 Å². The Hall–Kier alpha value is -2.08. The van der Waals surface area contributed by atoms with Gasteiger partial charge in [-0.25, -0.2) is 0 Å². The SMILES string of the molecule is CC(=O)Nc1c(OCC(C)(N)C#N)ccc2c1B(O)OC2. The largest absolute Gasteiger partial charge is 0.494 e. The normalized spacial score (nSPS) is 15.9. The van der Waals surface area contributed by atoms with E-state index in [1.165, 1.54) is 13.8 Å². The Morgan fingerprint density at radius 2 is 2.43 bits per heavy atom. The predicted molar refractivity (Wildman–Crippen MR) is 76.8 cm³/mol. The second-order valence-electron chi connectivity index (χ2n) is 5.17. The molecule has 1 unspecified atom stereocenters. The molecule has 2 rings (SSSR count). The summed E-state index contributed by atoms with van der Waals surface area (Å²) in [4.78, 5) is 11.4. The number of amides is 1. The summed E-state index contributed by atoms with van der Waals surface area (Å²) >= 11 is 0. The summed E-state index contributed by atoms with van der Waals surface area (Å²) in [6.07, 6.45) is 0. The molecular weight excluding hydrogens is 273 g/mol. The minimum atomic E-state index is -1.15. The lowest BCUT2D eigenvalue weighted by Gasteiger charge is -2.20. The van der Waals surface area contributed by atoms with Crippen molar-refractivity contribution in [3.63, 3.8) is 0 Å². The highest BCUT2D eigenvalue weighted by atomic mass is 16.5. The summed E-state index contributed by atoms with van der Waals surface area (Å²) in [5.74, 6) is 0.0311. The Morgan fingerprint density at radius 1 is 1.71 bits per heavy atom. The Labute approximate surface area is 122 Å². The standard InChI is InChI=1S/C13H16BN3O4/c1-8(18)17-12-10(20-7-13(2,16)6-15)4-3-9-5-21-14(19)11(9)12/h3-4,19H,5,7,16H2,1-2H3,(H,17,18). The molecule has 0 aliphatic carbocycles. The second-order valence-corrected chi connectivity index (χ2v) is 5.17. The van der Waals surface area contributed by atoms with E-state index in [0.717, 1.165) is 5.56 Å². The second kappa shape index (κ2) is 5.73. The van der Waals surface area contributed by atoms with Gasteiger partial charge in [0.1, 0.15) is 17.9 Å². The molecule has 0 aromatic heterocycles. The van der Waals surface area contributed by atoms with Crippen LogP contribution in [0.1, 0.15) is 19.4 Å². The zero-order chi connectivity index (χ0) is 15.6. The summed E-state index contributed by atoms with van der Waals surface area (Å²) < 4.78 is 10.7. The average Bonchev–Trinajstić information content (AvgIpc) is 2.79. The van der Waals surface area contributed by atoms with Crippen LogP contribution in [0.3, 0.4) is 0 Å². The molecule has 0 bridgehead atoms. The molecule has 4 N–H and O–H groups in total. The number of rotatable bonds is 4. The first-order valence-electron chi connectivity index (χ1n) is 6.40. The molecular formula is C13H16BN3O4. The van der Waals surface area contributed by atoms with E-state index in [1.54, 1.807) is 12.1 Å². The number of hydrogen-bond acceptors (Lipinski definition) is 6. The molecule has 1 aromatic rings. The van der Waals surface area contributed by atoms with Crippen molar-refractivity contribution in [1.82, 2.24) is 0 Å². The number of carbonyl (C=O) groups excluding carboxylic acids is 1. The van der Waals surface area contributed by atoms with Gasteiger partial charge in [0.15, 0.2) is 0 Å². The van der Waals surface area contributed by atoms with Crippen molar-refractivity contribution in [3.8, 4) is 11.8 Å². The van der Waals surface area contributed by atoms with E-state index in [2.05, 4.69) is 5.32 Å². The van der Waals surface area contributed by atoms with Gasteiger partial charge in [0.05, 0.1) is 18.4 Å². The van der Waals surface area contributed by atoms with Crippen molar-refractivity contribution < 1.29 is 19.2 Å². The highest BCUT2D eigenvalue weighted by Gasteiger charge is 2.33. The lowest BCUT2D eigenvalue weighted by atomic mass is 9.78. The number of nitrogens with one attached hydrogen (secondary N) is 1. The number of benzene rings is 1.